The van der Waals surface area contributed by atoms with Crippen molar-refractivity contribution in [3.8, 4) is 0 Å². The van der Waals surface area contributed by atoms with Crippen LogP contribution in [0.1, 0.15) is 12.8 Å². The Bertz CT molecular complexity index is 414. The highest BCUT2D eigenvalue weighted by Crippen LogP contribution is 2.32. The van der Waals surface area contributed by atoms with Gasteiger partial charge < -0.3 is 19.3 Å². The molecule has 3 fully saturated rings. The Kier molecular flexibility index (Phi) is 4.03. The average molecular weight is 297 g/mol. The number of carbonyl (C=O) groups is 2. The van der Waals surface area contributed by atoms with E-state index in [1.807, 2.05) is 4.90 Å². The lowest BCUT2D eigenvalue weighted by atomic mass is 9.91. The van der Waals surface area contributed by atoms with Gasteiger partial charge in [-0.25, -0.2) is 4.79 Å². The van der Waals surface area contributed by atoms with Crippen LogP contribution in [0.25, 0.3) is 0 Å². The molecule has 0 aromatic rings. The number of ether oxygens (including phenoxy) is 2. The second-order valence-corrected chi connectivity index (χ2v) is 6.18. The van der Waals surface area contributed by atoms with Crippen molar-refractivity contribution < 1.29 is 19.1 Å². The highest BCUT2D eigenvalue weighted by molar-refractivity contribution is 5.78. The van der Waals surface area contributed by atoms with E-state index in [9.17, 15) is 9.59 Å². The molecule has 3 aliphatic heterocycles. The molecule has 0 aliphatic carbocycles. The minimum atomic E-state index is -0.329. The molecule has 0 atom stereocenters. The lowest BCUT2D eigenvalue weighted by Gasteiger charge is -2.38. The van der Waals surface area contributed by atoms with Crippen LogP contribution in [0.3, 0.4) is 0 Å². The first-order chi connectivity index (χ1) is 10.1. The Morgan fingerprint density at radius 2 is 1.86 bits per heavy atom. The van der Waals surface area contributed by atoms with Crippen molar-refractivity contribution in [2.75, 3.05) is 59.5 Å². The second-order valence-electron chi connectivity index (χ2n) is 6.18. The molecule has 0 bridgehead atoms. The number of nitrogens with zero attached hydrogens (tertiary/aromatic N) is 3. The van der Waals surface area contributed by atoms with Gasteiger partial charge in [-0.15, -0.1) is 0 Å². The highest BCUT2D eigenvalue weighted by atomic mass is 16.6. The molecular weight excluding hydrogens is 274 g/mol. The summed E-state index contributed by atoms with van der Waals surface area (Å²) in [6.45, 7) is 5.39. The minimum Gasteiger partial charge on any atom is -0.441 e. The molecule has 21 heavy (non-hydrogen) atoms. The van der Waals surface area contributed by atoms with Crippen molar-refractivity contribution in [2.45, 2.75) is 18.4 Å². The SMILES string of the molecule is CN1CC2(CCN(CC(=O)N3CCOCC3)CC2)OC1=O. The van der Waals surface area contributed by atoms with E-state index < -0.39 is 0 Å². The Morgan fingerprint density at radius 1 is 1.19 bits per heavy atom. The molecule has 0 saturated carbocycles. The third kappa shape index (κ3) is 3.13. The van der Waals surface area contributed by atoms with Crippen LogP contribution >= 0.6 is 0 Å². The molecule has 3 aliphatic rings. The van der Waals surface area contributed by atoms with E-state index in [0.717, 1.165) is 25.9 Å². The summed E-state index contributed by atoms with van der Waals surface area (Å²) >= 11 is 0. The largest absolute Gasteiger partial charge is 0.441 e. The zero-order valence-corrected chi connectivity index (χ0v) is 12.5. The third-order valence-corrected chi connectivity index (χ3v) is 4.63. The number of morpholine rings is 1. The molecule has 3 saturated heterocycles. The minimum absolute atomic E-state index is 0.176. The summed E-state index contributed by atoms with van der Waals surface area (Å²) in [5, 5.41) is 0. The Morgan fingerprint density at radius 3 is 2.43 bits per heavy atom. The molecule has 3 rings (SSSR count). The fraction of sp³-hybridized carbons (Fsp3) is 0.857. The van der Waals surface area contributed by atoms with Gasteiger partial charge in [-0.1, -0.05) is 0 Å². The van der Waals surface area contributed by atoms with Crippen molar-refractivity contribution in [2.24, 2.45) is 0 Å². The summed E-state index contributed by atoms with van der Waals surface area (Å²) in [6, 6.07) is 0. The van der Waals surface area contributed by atoms with Crippen molar-refractivity contribution in [3.63, 3.8) is 0 Å². The first kappa shape index (κ1) is 14.6. The fourth-order valence-corrected chi connectivity index (χ4v) is 3.28. The van der Waals surface area contributed by atoms with Gasteiger partial charge in [0.1, 0.15) is 5.60 Å². The monoisotopic (exact) mass is 297 g/mol. The van der Waals surface area contributed by atoms with E-state index in [0.29, 0.717) is 39.4 Å². The molecule has 1 spiro atoms. The van der Waals surface area contributed by atoms with Gasteiger partial charge in [-0.3, -0.25) is 9.69 Å². The second kappa shape index (κ2) is 5.81. The molecule has 0 radical (unpaired) electrons. The standard InChI is InChI=1S/C14H23N3O4/c1-15-11-14(21-13(15)19)2-4-16(5-3-14)10-12(18)17-6-8-20-9-7-17/h2-11H2,1H3. The van der Waals surface area contributed by atoms with Crippen LogP contribution in [0.4, 0.5) is 4.79 Å². The molecule has 0 aromatic heterocycles. The van der Waals surface area contributed by atoms with E-state index in [-0.39, 0.29) is 17.6 Å². The smallest absolute Gasteiger partial charge is 0.410 e. The van der Waals surface area contributed by atoms with Crippen LogP contribution in [0.15, 0.2) is 0 Å². The summed E-state index contributed by atoms with van der Waals surface area (Å²) in [7, 11) is 1.77. The zero-order chi connectivity index (χ0) is 14.9. The Labute approximate surface area is 124 Å². The zero-order valence-electron chi connectivity index (χ0n) is 12.5. The van der Waals surface area contributed by atoms with Gasteiger partial charge in [-0.05, 0) is 0 Å². The Hall–Kier alpha value is -1.34. The predicted molar refractivity (Wildman–Crippen MR) is 74.9 cm³/mol. The number of likely N-dealkylation sites (N-methyl/N-ethyl adjacent to an activating group) is 1. The first-order valence-corrected chi connectivity index (χ1v) is 7.60. The quantitative estimate of drug-likeness (QED) is 0.704. The molecular formula is C14H23N3O4. The van der Waals surface area contributed by atoms with E-state index in [1.165, 1.54) is 0 Å². The van der Waals surface area contributed by atoms with Gasteiger partial charge in [-0.2, -0.15) is 0 Å². The van der Waals surface area contributed by atoms with Crippen LogP contribution in [0, 0.1) is 0 Å². The summed E-state index contributed by atoms with van der Waals surface area (Å²) in [6.07, 6.45) is 1.38. The fourth-order valence-electron chi connectivity index (χ4n) is 3.28. The van der Waals surface area contributed by atoms with Crippen LogP contribution in [0.2, 0.25) is 0 Å². The molecule has 118 valence electrons. The van der Waals surface area contributed by atoms with Crippen molar-refractivity contribution >= 4 is 12.0 Å². The lowest BCUT2D eigenvalue weighted by Crippen LogP contribution is -2.51. The van der Waals surface area contributed by atoms with Gasteiger partial charge >= 0.3 is 6.09 Å². The number of rotatable bonds is 2. The van der Waals surface area contributed by atoms with Gasteiger partial charge in [0.05, 0.1) is 26.3 Å². The number of piperidine rings is 1. The topological polar surface area (TPSA) is 62.3 Å². The number of amides is 2. The number of hydrogen-bond donors (Lipinski definition) is 0. The first-order valence-electron chi connectivity index (χ1n) is 7.60. The normalized spacial score (nSPS) is 26.2. The molecule has 0 N–H and O–H groups in total. The van der Waals surface area contributed by atoms with Gasteiger partial charge in [0.25, 0.3) is 0 Å². The summed E-state index contributed by atoms with van der Waals surface area (Å²) in [4.78, 5) is 29.4. The number of hydrogen-bond acceptors (Lipinski definition) is 5. The van der Waals surface area contributed by atoms with Crippen LogP contribution in [-0.2, 0) is 14.3 Å². The van der Waals surface area contributed by atoms with Crippen molar-refractivity contribution in [1.82, 2.24) is 14.7 Å². The van der Waals surface area contributed by atoms with Crippen molar-refractivity contribution in [1.29, 1.82) is 0 Å². The maximum atomic E-state index is 12.2. The maximum absolute atomic E-state index is 12.2. The summed E-state index contributed by atoms with van der Waals surface area (Å²) in [5.74, 6) is 0.176. The van der Waals surface area contributed by atoms with Crippen molar-refractivity contribution in [3.05, 3.63) is 0 Å². The summed E-state index contributed by atoms with van der Waals surface area (Å²) < 4.78 is 10.8. The number of carbonyl (C=O) groups excluding carboxylic acids is 2. The van der Waals surface area contributed by atoms with E-state index >= 15 is 0 Å². The van der Waals surface area contributed by atoms with Crippen LogP contribution < -0.4 is 0 Å². The van der Waals surface area contributed by atoms with Gasteiger partial charge in [0.15, 0.2) is 0 Å². The summed E-state index contributed by atoms with van der Waals surface area (Å²) in [5.41, 5.74) is -0.329. The lowest BCUT2D eigenvalue weighted by molar-refractivity contribution is -0.137. The van der Waals surface area contributed by atoms with E-state index in [4.69, 9.17) is 9.47 Å². The predicted octanol–water partition coefficient (Wildman–Crippen LogP) is -0.238. The van der Waals surface area contributed by atoms with Crippen LogP contribution in [-0.4, -0.2) is 91.8 Å². The molecule has 0 aromatic carbocycles. The molecule has 2 amide bonds. The molecule has 7 heteroatoms. The van der Waals surface area contributed by atoms with Gasteiger partial charge in [0.2, 0.25) is 5.91 Å². The average Bonchev–Trinajstić information content (AvgIpc) is 2.77. The molecule has 0 unspecified atom stereocenters. The third-order valence-electron chi connectivity index (χ3n) is 4.63. The number of likely N-dealkylation sites (tertiary alicyclic amines) is 1. The maximum Gasteiger partial charge on any atom is 0.410 e. The van der Waals surface area contributed by atoms with Gasteiger partial charge in [0, 0.05) is 46.1 Å². The Balaban J connectivity index is 1.47. The highest BCUT2D eigenvalue weighted by Gasteiger charge is 2.45. The molecule has 3 heterocycles. The molecule has 7 nitrogen and oxygen atoms in total. The van der Waals surface area contributed by atoms with Crippen LogP contribution in [0.5, 0.6) is 0 Å². The van der Waals surface area contributed by atoms with E-state index in [1.54, 1.807) is 11.9 Å². The van der Waals surface area contributed by atoms with E-state index in [2.05, 4.69) is 4.90 Å².